The van der Waals surface area contributed by atoms with Gasteiger partial charge in [-0.25, -0.2) is 4.39 Å². The highest BCUT2D eigenvalue weighted by atomic mass is 19.1. The van der Waals surface area contributed by atoms with Crippen molar-refractivity contribution in [2.45, 2.75) is 58.9 Å². The van der Waals surface area contributed by atoms with Crippen molar-refractivity contribution in [2.75, 3.05) is 5.32 Å². The second kappa shape index (κ2) is 5.29. The lowest BCUT2D eigenvalue weighted by Gasteiger charge is -2.22. The predicted octanol–water partition coefficient (Wildman–Crippen LogP) is 4.90. The molecule has 1 unspecified atom stereocenters. The van der Waals surface area contributed by atoms with E-state index >= 15 is 0 Å². The van der Waals surface area contributed by atoms with Crippen molar-refractivity contribution >= 4 is 5.69 Å². The van der Waals surface area contributed by atoms with Crippen LogP contribution in [0.2, 0.25) is 0 Å². The SMILES string of the molecule is Cc1cc(F)cc(NC2CCCC(C)(C)CC2)c1. The largest absolute Gasteiger partial charge is 0.382 e. The van der Waals surface area contributed by atoms with E-state index in [1.54, 1.807) is 12.1 Å². The van der Waals surface area contributed by atoms with Crippen molar-refractivity contribution < 1.29 is 4.39 Å². The van der Waals surface area contributed by atoms with E-state index in [9.17, 15) is 4.39 Å². The highest BCUT2D eigenvalue weighted by Crippen LogP contribution is 2.34. The van der Waals surface area contributed by atoms with E-state index in [0.717, 1.165) is 11.3 Å². The Bertz CT molecular complexity index is 391. The predicted molar refractivity (Wildman–Crippen MR) is 75.4 cm³/mol. The third-order valence-corrected chi connectivity index (χ3v) is 3.99. The van der Waals surface area contributed by atoms with Gasteiger partial charge in [0.15, 0.2) is 0 Å². The third kappa shape index (κ3) is 3.72. The zero-order valence-electron chi connectivity index (χ0n) is 11.7. The summed E-state index contributed by atoms with van der Waals surface area (Å²) in [6.45, 7) is 6.63. The summed E-state index contributed by atoms with van der Waals surface area (Å²) in [5, 5.41) is 3.50. The van der Waals surface area contributed by atoms with Crippen LogP contribution in [-0.4, -0.2) is 6.04 Å². The van der Waals surface area contributed by atoms with Gasteiger partial charge >= 0.3 is 0 Å². The minimum Gasteiger partial charge on any atom is -0.382 e. The molecule has 0 amide bonds. The van der Waals surface area contributed by atoms with Crippen molar-refractivity contribution in [1.29, 1.82) is 0 Å². The summed E-state index contributed by atoms with van der Waals surface area (Å²) in [5.41, 5.74) is 2.37. The minimum absolute atomic E-state index is 0.147. The van der Waals surface area contributed by atoms with Crippen molar-refractivity contribution in [3.8, 4) is 0 Å². The van der Waals surface area contributed by atoms with Gasteiger partial charge in [-0.05, 0) is 61.8 Å². The van der Waals surface area contributed by atoms with Crippen LogP contribution in [0, 0.1) is 18.2 Å². The average Bonchev–Trinajstić information content (AvgIpc) is 2.39. The maximum atomic E-state index is 13.3. The molecule has 1 N–H and O–H groups in total. The lowest BCUT2D eigenvalue weighted by atomic mass is 9.85. The van der Waals surface area contributed by atoms with Crippen LogP contribution in [0.25, 0.3) is 0 Å². The van der Waals surface area contributed by atoms with Crippen LogP contribution in [0.5, 0.6) is 0 Å². The molecule has 1 saturated carbocycles. The lowest BCUT2D eigenvalue weighted by molar-refractivity contribution is 0.313. The van der Waals surface area contributed by atoms with Crippen LogP contribution in [-0.2, 0) is 0 Å². The maximum Gasteiger partial charge on any atom is 0.125 e. The molecule has 0 aliphatic heterocycles. The first-order valence-electron chi connectivity index (χ1n) is 6.98. The van der Waals surface area contributed by atoms with Gasteiger partial charge in [0.1, 0.15) is 5.82 Å². The molecule has 0 radical (unpaired) electrons. The van der Waals surface area contributed by atoms with Crippen molar-refractivity contribution in [3.63, 3.8) is 0 Å². The van der Waals surface area contributed by atoms with Gasteiger partial charge < -0.3 is 5.32 Å². The quantitative estimate of drug-likeness (QED) is 0.735. The van der Waals surface area contributed by atoms with E-state index in [1.165, 1.54) is 32.1 Å². The zero-order chi connectivity index (χ0) is 13.2. The Morgan fingerprint density at radius 3 is 2.67 bits per heavy atom. The van der Waals surface area contributed by atoms with Gasteiger partial charge in [0.25, 0.3) is 0 Å². The molecule has 1 fully saturated rings. The number of rotatable bonds is 2. The Hall–Kier alpha value is -1.05. The number of halogens is 1. The van der Waals surface area contributed by atoms with Gasteiger partial charge in [-0.2, -0.15) is 0 Å². The molecule has 0 saturated heterocycles. The molecule has 2 heteroatoms. The Morgan fingerprint density at radius 1 is 1.17 bits per heavy atom. The fourth-order valence-electron chi connectivity index (χ4n) is 2.86. The molecule has 1 aliphatic carbocycles. The number of aryl methyl sites for hydroxylation is 1. The molecule has 100 valence electrons. The van der Waals surface area contributed by atoms with Gasteiger partial charge in [-0.1, -0.05) is 20.3 Å². The molecule has 1 nitrogen and oxygen atoms in total. The van der Waals surface area contributed by atoms with E-state index in [0.29, 0.717) is 11.5 Å². The van der Waals surface area contributed by atoms with Crippen LogP contribution < -0.4 is 5.32 Å². The Balaban J connectivity index is 2.00. The Morgan fingerprint density at radius 2 is 1.94 bits per heavy atom. The van der Waals surface area contributed by atoms with Crippen molar-refractivity contribution in [2.24, 2.45) is 5.41 Å². The van der Waals surface area contributed by atoms with E-state index in [1.807, 2.05) is 13.0 Å². The summed E-state index contributed by atoms with van der Waals surface area (Å²) in [7, 11) is 0. The minimum atomic E-state index is -0.147. The molecule has 0 spiro atoms. The van der Waals surface area contributed by atoms with Crippen LogP contribution in [0.4, 0.5) is 10.1 Å². The van der Waals surface area contributed by atoms with Crippen LogP contribution in [0.15, 0.2) is 18.2 Å². The maximum absolute atomic E-state index is 13.3. The summed E-state index contributed by atoms with van der Waals surface area (Å²) in [6.07, 6.45) is 6.19. The Labute approximate surface area is 110 Å². The fraction of sp³-hybridized carbons (Fsp3) is 0.625. The molecule has 2 rings (SSSR count). The summed E-state index contributed by atoms with van der Waals surface area (Å²) in [6, 6.07) is 5.69. The molecular formula is C16H24FN. The van der Waals surface area contributed by atoms with Gasteiger partial charge in [0, 0.05) is 11.7 Å². The van der Waals surface area contributed by atoms with E-state index in [2.05, 4.69) is 19.2 Å². The molecular weight excluding hydrogens is 225 g/mol. The number of anilines is 1. The van der Waals surface area contributed by atoms with Crippen LogP contribution in [0.1, 0.15) is 51.5 Å². The smallest absolute Gasteiger partial charge is 0.125 e. The normalized spacial score (nSPS) is 23.4. The fourth-order valence-corrected chi connectivity index (χ4v) is 2.86. The van der Waals surface area contributed by atoms with Gasteiger partial charge in [0.2, 0.25) is 0 Å². The molecule has 1 aromatic rings. The van der Waals surface area contributed by atoms with Crippen molar-refractivity contribution in [1.82, 2.24) is 0 Å². The zero-order valence-corrected chi connectivity index (χ0v) is 11.7. The molecule has 18 heavy (non-hydrogen) atoms. The van der Waals surface area contributed by atoms with Crippen molar-refractivity contribution in [3.05, 3.63) is 29.6 Å². The molecule has 0 heterocycles. The highest BCUT2D eigenvalue weighted by Gasteiger charge is 2.24. The highest BCUT2D eigenvalue weighted by molar-refractivity contribution is 5.46. The van der Waals surface area contributed by atoms with E-state index < -0.39 is 0 Å². The number of nitrogens with one attached hydrogen (secondary N) is 1. The molecule has 0 aromatic heterocycles. The number of benzene rings is 1. The number of hydrogen-bond donors (Lipinski definition) is 1. The summed E-state index contributed by atoms with van der Waals surface area (Å²) in [4.78, 5) is 0. The topological polar surface area (TPSA) is 12.0 Å². The number of hydrogen-bond acceptors (Lipinski definition) is 1. The molecule has 0 bridgehead atoms. The van der Waals surface area contributed by atoms with E-state index in [4.69, 9.17) is 0 Å². The van der Waals surface area contributed by atoms with Gasteiger partial charge in [0.05, 0.1) is 0 Å². The summed E-state index contributed by atoms with van der Waals surface area (Å²) >= 11 is 0. The molecule has 1 atom stereocenters. The standard InChI is InChI=1S/C16H24FN/c1-12-9-13(17)11-15(10-12)18-14-5-4-7-16(2,3)8-6-14/h9-11,14,18H,4-8H2,1-3H3. The molecule has 1 aliphatic rings. The van der Waals surface area contributed by atoms with Crippen LogP contribution in [0.3, 0.4) is 0 Å². The van der Waals surface area contributed by atoms with Gasteiger partial charge in [-0.3, -0.25) is 0 Å². The first kappa shape index (κ1) is 13.4. The second-order valence-electron chi connectivity index (χ2n) is 6.45. The first-order valence-corrected chi connectivity index (χ1v) is 6.98. The average molecular weight is 249 g/mol. The van der Waals surface area contributed by atoms with E-state index in [-0.39, 0.29) is 5.82 Å². The third-order valence-electron chi connectivity index (χ3n) is 3.99. The summed E-state index contributed by atoms with van der Waals surface area (Å²) < 4.78 is 13.3. The second-order valence-corrected chi connectivity index (χ2v) is 6.45. The van der Waals surface area contributed by atoms with Gasteiger partial charge in [-0.15, -0.1) is 0 Å². The van der Waals surface area contributed by atoms with Crippen LogP contribution >= 0.6 is 0 Å². The lowest BCUT2D eigenvalue weighted by Crippen LogP contribution is -2.19. The first-order chi connectivity index (χ1) is 8.44. The Kier molecular flexibility index (Phi) is 3.94. The molecule has 1 aromatic carbocycles. The monoisotopic (exact) mass is 249 g/mol. The summed E-state index contributed by atoms with van der Waals surface area (Å²) in [5.74, 6) is -0.147.